The molecule has 0 spiro atoms. The van der Waals surface area contributed by atoms with Crippen LogP contribution in [-0.2, 0) is 0 Å². The molecule has 1 amide bonds. The van der Waals surface area contributed by atoms with Gasteiger partial charge in [0, 0.05) is 18.7 Å². The Morgan fingerprint density at radius 1 is 1.00 bits per heavy atom. The average molecular weight is 405 g/mol. The molecule has 0 bridgehead atoms. The fraction of sp³-hybridized carbons (Fsp3) is 0.250. The Bertz CT molecular complexity index is 1020. The maximum absolute atomic E-state index is 12.1. The molecule has 0 radical (unpaired) electrons. The number of fused-ring (bicyclic) bond motifs is 1. The fourth-order valence-electron chi connectivity index (χ4n) is 3.14. The number of benzene rings is 3. The van der Waals surface area contributed by atoms with Crippen molar-refractivity contribution in [3.63, 3.8) is 0 Å². The Morgan fingerprint density at radius 2 is 1.73 bits per heavy atom. The second kappa shape index (κ2) is 10.3. The van der Waals surface area contributed by atoms with E-state index in [0.717, 1.165) is 6.54 Å². The molecule has 0 saturated heterocycles. The fourth-order valence-corrected chi connectivity index (χ4v) is 3.14. The van der Waals surface area contributed by atoms with Crippen molar-refractivity contribution in [2.24, 2.45) is 4.99 Å². The van der Waals surface area contributed by atoms with Gasteiger partial charge >= 0.3 is 0 Å². The second-order valence-corrected chi connectivity index (χ2v) is 7.04. The molecule has 3 aromatic carbocycles. The first-order valence-electron chi connectivity index (χ1n) is 10.2. The summed E-state index contributed by atoms with van der Waals surface area (Å²) in [5, 5.41) is 21.2. The lowest BCUT2D eigenvalue weighted by atomic mass is 10.0. The molecule has 3 aromatic rings. The zero-order valence-corrected chi connectivity index (χ0v) is 17.4. The molecule has 6 heteroatoms. The molecule has 156 valence electrons. The molecule has 0 heterocycles. The van der Waals surface area contributed by atoms with Crippen LogP contribution < -0.4 is 16.0 Å². The van der Waals surface area contributed by atoms with Crippen LogP contribution in [-0.4, -0.2) is 36.6 Å². The lowest BCUT2D eigenvalue weighted by Crippen LogP contribution is -2.39. The maximum Gasteiger partial charge on any atom is 0.251 e. The number of aliphatic imine (C=N–C) groups is 1. The van der Waals surface area contributed by atoms with Crippen molar-refractivity contribution in [2.75, 3.05) is 19.6 Å². The van der Waals surface area contributed by atoms with Crippen LogP contribution in [0.15, 0.2) is 71.7 Å². The number of hydrogen-bond acceptors (Lipinski definition) is 3. The van der Waals surface area contributed by atoms with Gasteiger partial charge in [-0.2, -0.15) is 0 Å². The minimum Gasteiger partial charge on any atom is -0.508 e. The van der Waals surface area contributed by atoms with Crippen LogP contribution in [0.4, 0.5) is 0 Å². The molecule has 0 aromatic heterocycles. The quantitative estimate of drug-likeness (QED) is 0.275. The topological polar surface area (TPSA) is 85.8 Å². The highest BCUT2D eigenvalue weighted by molar-refractivity contribution is 5.94. The zero-order valence-electron chi connectivity index (χ0n) is 17.4. The second-order valence-electron chi connectivity index (χ2n) is 7.04. The molecule has 3 rings (SSSR count). The Balaban J connectivity index is 1.56. The van der Waals surface area contributed by atoms with Crippen molar-refractivity contribution >= 4 is 22.6 Å². The number of carbonyl (C=O) groups is 1. The van der Waals surface area contributed by atoms with Gasteiger partial charge in [-0.05, 0) is 60.5 Å². The third-order valence-electron chi connectivity index (χ3n) is 4.77. The molecular weight excluding hydrogens is 376 g/mol. The van der Waals surface area contributed by atoms with Crippen LogP contribution in [0, 0.1) is 0 Å². The van der Waals surface area contributed by atoms with E-state index < -0.39 is 0 Å². The van der Waals surface area contributed by atoms with Crippen molar-refractivity contribution < 1.29 is 9.90 Å². The number of guanidine groups is 1. The summed E-state index contributed by atoms with van der Waals surface area (Å²) in [6, 6.07) is 21.0. The highest BCUT2D eigenvalue weighted by atomic mass is 16.3. The molecule has 1 unspecified atom stereocenters. The van der Waals surface area contributed by atoms with Gasteiger partial charge in [0.05, 0.1) is 12.6 Å². The van der Waals surface area contributed by atoms with Gasteiger partial charge in [0.15, 0.2) is 5.96 Å². The minimum atomic E-state index is -0.187. The Hall–Kier alpha value is -3.54. The molecule has 30 heavy (non-hydrogen) atoms. The molecule has 0 aliphatic rings. The van der Waals surface area contributed by atoms with Crippen LogP contribution in [0.25, 0.3) is 10.8 Å². The van der Waals surface area contributed by atoms with Gasteiger partial charge in [-0.25, -0.2) is 0 Å². The van der Waals surface area contributed by atoms with E-state index in [1.807, 2.05) is 19.1 Å². The van der Waals surface area contributed by atoms with Crippen molar-refractivity contribution in [2.45, 2.75) is 19.9 Å². The SMILES string of the molecule is CCNC(=NCCNC(=O)c1ccc(O)cc1)NC(C)c1ccc2ccccc2c1. The molecule has 1 atom stereocenters. The Kier molecular flexibility index (Phi) is 7.27. The zero-order chi connectivity index (χ0) is 21.3. The summed E-state index contributed by atoms with van der Waals surface area (Å²) in [7, 11) is 0. The third kappa shape index (κ3) is 5.73. The van der Waals surface area contributed by atoms with Crippen molar-refractivity contribution in [3.05, 3.63) is 77.9 Å². The summed E-state index contributed by atoms with van der Waals surface area (Å²) in [6.45, 7) is 5.73. The van der Waals surface area contributed by atoms with E-state index in [9.17, 15) is 9.90 Å². The van der Waals surface area contributed by atoms with E-state index in [2.05, 4.69) is 58.2 Å². The number of amides is 1. The third-order valence-corrected chi connectivity index (χ3v) is 4.77. The van der Waals surface area contributed by atoms with Gasteiger partial charge in [0.25, 0.3) is 5.91 Å². The van der Waals surface area contributed by atoms with E-state index in [1.165, 1.54) is 28.5 Å². The molecular formula is C24H28N4O2. The molecule has 0 saturated carbocycles. The normalized spacial score (nSPS) is 12.4. The lowest BCUT2D eigenvalue weighted by molar-refractivity contribution is 0.0955. The number of phenols is 1. The van der Waals surface area contributed by atoms with Gasteiger partial charge in [0.1, 0.15) is 5.75 Å². The minimum absolute atomic E-state index is 0.0824. The van der Waals surface area contributed by atoms with Gasteiger partial charge in [-0.1, -0.05) is 36.4 Å². The summed E-state index contributed by atoms with van der Waals surface area (Å²) < 4.78 is 0. The van der Waals surface area contributed by atoms with Gasteiger partial charge < -0.3 is 21.1 Å². The summed E-state index contributed by atoms with van der Waals surface area (Å²) in [6.07, 6.45) is 0. The predicted octanol–water partition coefficient (Wildman–Crippen LogP) is 3.59. The van der Waals surface area contributed by atoms with Gasteiger partial charge in [-0.3, -0.25) is 9.79 Å². The number of phenolic OH excluding ortho intramolecular Hbond substituents is 1. The smallest absolute Gasteiger partial charge is 0.251 e. The Labute approximate surface area is 177 Å². The van der Waals surface area contributed by atoms with Crippen molar-refractivity contribution in [1.82, 2.24) is 16.0 Å². The Morgan fingerprint density at radius 3 is 2.47 bits per heavy atom. The first-order chi connectivity index (χ1) is 14.6. The molecule has 0 aliphatic heterocycles. The largest absolute Gasteiger partial charge is 0.508 e. The van der Waals surface area contributed by atoms with E-state index in [1.54, 1.807) is 12.1 Å². The first-order valence-corrected chi connectivity index (χ1v) is 10.2. The molecule has 4 N–H and O–H groups in total. The highest BCUT2D eigenvalue weighted by Gasteiger charge is 2.09. The number of carbonyl (C=O) groups excluding carboxylic acids is 1. The van der Waals surface area contributed by atoms with Crippen molar-refractivity contribution in [3.8, 4) is 5.75 Å². The standard InChI is InChI=1S/C24H28N4O2/c1-3-25-24(27-15-14-26-23(30)19-10-12-22(29)13-11-19)28-17(2)20-9-8-18-6-4-5-7-21(18)16-20/h4-13,16-17,29H,3,14-15H2,1-2H3,(H,26,30)(H2,25,27,28). The number of hydrogen-bond donors (Lipinski definition) is 4. The predicted molar refractivity (Wildman–Crippen MR) is 122 cm³/mol. The average Bonchev–Trinajstić information content (AvgIpc) is 2.76. The van der Waals surface area contributed by atoms with Crippen LogP contribution in [0.1, 0.15) is 35.8 Å². The van der Waals surface area contributed by atoms with Crippen LogP contribution in [0.5, 0.6) is 5.75 Å². The summed E-state index contributed by atoms with van der Waals surface area (Å²) >= 11 is 0. The van der Waals surface area contributed by atoms with Gasteiger partial charge in [-0.15, -0.1) is 0 Å². The van der Waals surface area contributed by atoms with E-state index in [0.29, 0.717) is 24.6 Å². The van der Waals surface area contributed by atoms with E-state index in [4.69, 9.17) is 0 Å². The molecule has 6 nitrogen and oxygen atoms in total. The van der Waals surface area contributed by atoms with Crippen LogP contribution in [0.2, 0.25) is 0 Å². The molecule has 0 aliphatic carbocycles. The number of nitrogens with one attached hydrogen (secondary N) is 3. The van der Waals surface area contributed by atoms with Gasteiger partial charge in [0.2, 0.25) is 0 Å². The number of nitrogens with zero attached hydrogens (tertiary/aromatic N) is 1. The number of aromatic hydroxyl groups is 1. The lowest BCUT2D eigenvalue weighted by Gasteiger charge is -2.18. The summed E-state index contributed by atoms with van der Waals surface area (Å²) in [5.74, 6) is 0.655. The summed E-state index contributed by atoms with van der Waals surface area (Å²) in [4.78, 5) is 16.7. The van der Waals surface area contributed by atoms with Crippen LogP contribution in [0.3, 0.4) is 0 Å². The van der Waals surface area contributed by atoms with E-state index in [-0.39, 0.29) is 17.7 Å². The molecule has 0 fully saturated rings. The van der Waals surface area contributed by atoms with Crippen molar-refractivity contribution in [1.29, 1.82) is 0 Å². The monoisotopic (exact) mass is 404 g/mol. The number of rotatable bonds is 7. The first kappa shape index (κ1) is 21.2. The maximum atomic E-state index is 12.1. The van der Waals surface area contributed by atoms with E-state index >= 15 is 0 Å². The van der Waals surface area contributed by atoms with Crippen LogP contribution >= 0.6 is 0 Å². The summed E-state index contributed by atoms with van der Waals surface area (Å²) in [5.41, 5.74) is 1.69. The highest BCUT2D eigenvalue weighted by Crippen LogP contribution is 2.20.